The van der Waals surface area contributed by atoms with Gasteiger partial charge in [0.05, 0.1) is 4.90 Å². The van der Waals surface area contributed by atoms with Gasteiger partial charge in [0.25, 0.3) is 0 Å². The van der Waals surface area contributed by atoms with Crippen molar-refractivity contribution in [2.75, 3.05) is 0 Å². The molecule has 0 aromatic heterocycles. The highest BCUT2D eigenvalue weighted by Gasteiger charge is 2.35. The van der Waals surface area contributed by atoms with Gasteiger partial charge in [-0.3, -0.25) is 0 Å². The zero-order chi connectivity index (χ0) is 13.5. The van der Waals surface area contributed by atoms with Crippen LogP contribution in [-0.2, 0) is 10.0 Å². The molecule has 19 heavy (non-hydrogen) atoms. The zero-order valence-electron chi connectivity index (χ0n) is 10.5. The minimum atomic E-state index is -3.62. The first-order valence-electron chi connectivity index (χ1n) is 6.57. The Morgan fingerprint density at radius 2 is 1.89 bits per heavy atom. The fourth-order valence-corrected chi connectivity index (χ4v) is 4.37. The van der Waals surface area contributed by atoms with E-state index in [2.05, 4.69) is 10.0 Å². The van der Waals surface area contributed by atoms with Crippen molar-refractivity contribution < 1.29 is 12.8 Å². The van der Waals surface area contributed by atoms with Crippen LogP contribution in [0.1, 0.15) is 25.7 Å². The van der Waals surface area contributed by atoms with Crippen LogP contribution in [0.4, 0.5) is 4.39 Å². The van der Waals surface area contributed by atoms with Gasteiger partial charge in [-0.25, -0.2) is 17.5 Å². The van der Waals surface area contributed by atoms with E-state index in [0.29, 0.717) is 12.1 Å². The van der Waals surface area contributed by atoms with E-state index in [1.807, 2.05) is 0 Å². The van der Waals surface area contributed by atoms with Gasteiger partial charge in [-0.15, -0.1) is 0 Å². The second-order valence-electron chi connectivity index (χ2n) is 5.38. The van der Waals surface area contributed by atoms with E-state index in [1.54, 1.807) is 0 Å². The van der Waals surface area contributed by atoms with Gasteiger partial charge in [-0.05, 0) is 43.9 Å². The molecule has 1 aromatic carbocycles. The summed E-state index contributed by atoms with van der Waals surface area (Å²) in [5.74, 6) is -0.534. The Morgan fingerprint density at radius 1 is 1.21 bits per heavy atom. The predicted molar refractivity (Wildman–Crippen MR) is 69.7 cm³/mol. The van der Waals surface area contributed by atoms with Crippen LogP contribution in [0.3, 0.4) is 0 Å². The van der Waals surface area contributed by atoms with Crippen molar-refractivity contribution in [3.63, 3.8) is 0 Å². The molecule has 0 saturated carbocycles. The average Bonchev–Trinajstić information content (AvgIpc) is 2.68. The molecule has 1 aromatic rings. The first-order chi connectivity index (χ1) is 9.03. The molecule has 2 aliphatic rings. The molecule has 2 atom stereocenters. The molecule has 2 unspecified atom stereocenters. The molecule has 4 nitrogen and oxygen atoms in total. The van der Waals surface area contributed by atoms with Crippen LogP contribution >= 0.6 is 0 Å². The number of benzene rings is 1. The molecule has 3 rings (SSSR count). The van der Waals surface area contributed by atoms with Crippen LogP contribution in [0, 0.1) is 5.82 Å². The number of piperidine rings is 1. The van der Waals surface area contributed by atoms with Gasteiger partial charge in [-0.1, -0.05) is 6.07 Å². The summed E-state index contributed by atoms with van der Waals surface area (Å²) >= 11 is 0. The largest absolute Gasteiger partial charge is 0.311 e. The van der Waals surface area contributed by atoms with Crippen molar-refractivity contribution in [1.82, 2.24) is 10.0 Å². The molecular formula is C13H17FN2O2S. The van der Waals surface area contributed by atoms with Crippen LogP contribution in [0.5, 0.6) is 0 Å². The van der Waals surface area contributed by atoms with E-state index in [1.165, 1.54) is 18.2 Å². The third-order valence-corrected chi connectivity index (χ3v) is 5.42. The molecule has 2 aliphatic heterocycles. The van der Waals surface area contributed by atoms with Gasteiger partial charge in [0.15, 0.2) is 0 Å². The van der Waals surface area contributed by atoms with Crippen molar-refractivity contribution >= 4 is 10.0 Å². The van der Waals surface area contributed by atoms with E-state index in [0.717, 1.165) is 31.7 Å². The van der Waals surface area contributed by atoms with Crippen LogP contribution in [-0.4, -0.2) is 26.5 Å². The van der Waals surface area contributed by atoms with Crippen molar-refractivity contribution in [3.8, 4) is 0 Å². The van der Waals surface area contributed by atoms with Crippen molar-refractivity contribution in [2.45, 2.75) is 48.7 Å². The highest BCUT2D eigenvalue weighted by molar-refractivity contribution is 7.89. The van der Waals surface area contributed by atoms with Crippen molar-refractivity contribution in [3.05, 3.63) is 30.1 Å². The molecule has 0 spiro atoms. The highest BCUT2D eigenvalue weighted by atomic mass is 32.2. The Balaban J connectivity index is 1.75. The van der Waals surface area contributed by atoms with Crippen LogP contribution in [0.15, 0.2) is 29.2 Å². The lowest BCUT2D eigenvalue weighted by atomic mass is 10.0. The standard InChI is InChI=1S/C13H17FN2O2S/c14-9-2-1-3-13(6-9)19(17,18)16-12-7-10-4-5-11(8-12)15-10/h1-3,6,10-12,15-16H,4-5,7-8H2. The first-order valence-corrected chi connectivity index (χ1v) is 8.05. The monoisotopic (exact) mass is 284 g/mol. The Bertz CT molecular complexity index is 564. The molecule has 2 bridgehead atoms. The SMILES string of the molecule is O=S(=O)(NC1CC2CCC(C1)N2)c1cccc(F)c1. The summed E-state index contributed by atoms with van der Waals surface area (Å²) in [6.07, 6.45) is 3.85. The summed E-state index contributed by atoms with van der Waals surface area (Å²) in [6, 6.07) is 5.91. The van der Waals surface area contributed by atoms with E-state index in [9.17, 15) is 12.8 Å². The normalized spacial score (nSPS) is 30.5. The van der Waals surface area contributed by atoms with E-state index in [-0.39, 0.29) is 10.9 Å². The Labute approximate surface area is 112 Å². The topological polar surface area (TPSA) is 58.2 Å². The third kappa shape index (κ3) is 2.80. The lowest BCUT2D eigenvalue weighted by Crippen LogP contribution is -2.47. The highest BCUT2D eigenvalue weighted by Crippen LogP contribution is 2.27. The maximum Gasteiger partial charge on any atom is 0.240 e. The summed E-state index contributed by atoms with van der Waals surface area (Å²) in [7, 11) is -3.62. The second kappa shape index (κ2) is 4.85. The van der Waals surface area contributed by atoms with Gasteiger partial charge >= 0.3 is 0 Å². The summed E-state index contributed by atoms with van der Waals surface area (Å²) in [4.78, 5) is -0.00150. The number of fused-ring (bicyclic) bond motifs is 2. The molecule has 6 heteroatoms. The minimum absolute atomic E-state index is 0.00150. The van der Waals surface area contributed by atoms with Crippen molar-refractivity contribution in [1.29, 1.82) is 0 Å². The van der Waals surface area contributed by atoms with Crippen LogP contribution in [0.25, 0.3) is 0 Å². The molecule has 0 amide bonds. The maximum atomic E-state index is 13.1. The number of halogens is 1. The average molecular weight is 284 g/mol. The van der Waals surface area contributed by atoms with Crippen LogP contribution in [0.2, 0.25) is 0 Å². The predicted octanol–water partition coefficient (Wildman–Crippen LogP) is 1.39. The van der Waals surface area contributed by atoms with Crippen molar-refractivity contribution in [2.24, 2.45) is 0 Å². The molecule has 0 aliphatic carbocycles. The number of hydrogen-bond donors (Lipinski definition) is 2. The smallest absolute Gasteiger partial charge is 0.240 e. The maximum absolute atomic E-state index is 13.1. The van der Waals surface area contributed by atoms with Gasteiger partial charge in [-0.2, -0.15) is 0 Å². The fraction of sp³-hybridized carbons (Fsp3) is 0.538. The summed E-state index contributed by atoms with van der Waals surface area (Å²) < 4.78 is 40.2. The van der Waals surface area contributed by atoms with Gasteiger partial charge < -0.3 is 5.32 Å². The zero-order valence-corrected chi connectivity index (χ0v) is 11.3. The molecule has 0 radical (unpaired) electrons. The quantitative estimate of drug-likeness (QED) is 0.882. The molecular weight excluding hydrogens is 267 g/mol. The molecule has 2 heterocycles. The molecule has 2 N–H and O–H groups in total. The van der Waals surface area contributed by atoms with E-state index < -0.39 is 15.8 Å². The molecule has 104 valence electrons. The lowest BCUT2D eigenvalue weighted by molar-refractivity contribution is 0.345. The number of nitrogens with one attached hydrogen (secondary N) is 2. The van der Waals surface area contributed by atoms with Gasteiger partial charge in [0.1, 0.15) is 5.82 Å². The summed E-state index contributed by atoms with van der Waals surface area (Å²) in [5.41, 5.74) is 0. The van der Waals surface area contributed by atoms with E-state index in [4.69, 9.17) is 0 Å². The number of sulfonamides is 1. The fourth-order valence-electron chi connectivity index (χ4n) is 3.08. The Morgan fingerprint density at radius 3 is 2.53 bits per heavy atom. The first kappa shape index (κ1) is 13.0. The molecule has 2 saturated heterocycles. The lowest BCUT2D eigenvalue weighted by Gasteiger charge is -2.29. The van der Waals surface area contributed by atoms with Crippen LogP contribution < -0.4 is 10.0 Å². The molecule has 2 fully saturated rings. The summed E-state index contributed by atoms with van der Waals surface area (Å²) in [6.45, 7) is 0. The van der Waals surface area contributed by atoms with Gasteiger partial charge in [0, 0.05) is 18.1 Å². The minimum Gasteiger partial charge on any atom is -0.311 e. The summed E-state index contributed by atoms with van der Waals surface area (Å²) in [5, 5.41) is 3.46. The second-order valence-corrected chi connectivity index (χ2v) is 7.10. The number of hydrogen-bond acceptors (Lipinski definition) is 3. The Hall–Kier alpha value is -0.980. The van der Waals surface area contributed by atoms with Gasteiger partial charge in [0.2, 0.25) is 10.0 Å². The Kier molecular flexibility index (Phi) is 3.32. The van der Waals surface area contributed by atoms with E-state index >= 15 is 0 Å². The number of rotatable bonds is 3. The third-order valence-electron chi connectivity index (χ3n) is 3.90.